The molecule has 0 aliphatic carbocycles. The van der Waals surface area contributed by atoms with Crippen LogP contribution in [0.15, 0.2) is 15.5 Å². The summed E-state index contributed by atoms with van der Waals surface area (Å²) < 4.78 is 0.502. The summed E-state index contributed by atoms with van der Waals surface area (Å²) in [6.07, 6.45) is 5.22. The van der Waals surface area contributed by atoms with Gasteiger partial charge in [0.1, 0.15) is 10.3 Å². The van der Waals surface area contributed by atoms with Crippen molar-refractivity contribution in [3.05, 3.63) is 26.8 Å². The van der Waals surface area contributed by atoms with Gasteiger partial charge in [-0.1, -0.05) is 6.42 Å². The maximum atomic E-state index is 11.3. The zero-order valence-electron chi connectivity index (χ0n) is 7.62. The highest BCUT2D eigenvalue weighted by Crippen LogP contribution is 2.35. The highest BCUT2D eigenvalue weighted by molar-refractivity contribution is 9.10. The molecule has 2 rings (SSSR count). The smallest absolute Gasteiger partial charge is 0.265 e. The highest BCUT2D eigenvalue weighted by atomic mass is 79.9. The Labute approximate surface area is 94.8 Å². The number of nitrogens with zero attached hydrogens (tertiary/aromatic N) is 1. The van der Waals surface area contributed by atoms with Crippen LogP contribution < -0.4 is 5.56 Å². The Balaban J connectivity index is 2.23. The van der Waals surface area contributed by atoms with Crippen LogP contribution in [0.2, 0.25) is 0 Å². The molecule has 1 fully saturated rings. The van der Waals surface area contributed by atoms with E-state index in [0.29, 0.717) is 9.72 Å². The van der Waals surface area contributed by atoms with Gasteiger partial charge in [-0.05, 0) is 34.5 Å². The molecule has 3 nitrogen and oxygen atoms in total. The lowest BCUT2D eigenvalue weighted by molar-refractivity contribution is 0.659. The van der Waals surface area contributed by atoms with E-state index in [2.05, 4.69) is 25.9 Å². The van der Waals surface area contributed by atoms with E-state index >= 15 is 0 Å². The van der Waals surface area contributed by atoms with Crippen molar-refractivity contribution in [1.29, 1.82) is 0 Å². The first-order valence-electron chi connectivity index (χ1n) is 4.63. The van der Waals surface area contributed by atoms with E-state index in [1.807, 2.05) is 11.8 Å². The van der Waals surface area contributed by atoms with Crippen molar-refractivity contribution in [1.82, 2.24) is 9.97 Å². The normalized spacial score (nSPS) is 22.2. The quantitative estimate of drug-likeness (QED) is 0.856. The summed E-state index contributed by atoms with van der Waals surface area (Å²) in [6.45, 7) is 0. The lowest BCUT2D eigenvalue weighted by Crippen LogP contribution is -2.15. The molecule has 1 aromatic rings. The topological polar surface area (TPSA) is 45.8 Å². The molecule has 0 aromatic carbocycles. The van der Waals surface area contributed by atoms with Gasteiger partial charge in [-0.3, -0.25) is 4.79 Å². The first kappa shape index (κ1) is 10.2. The number of thioether (sulfide) groups is 1. The maximum Gasteiger partial charge on any atom is 0.265 e. The monoisotopic (exact) mass is 274 g/mol. The third-order valence-corrected chi connectivity index (χ3v) is 4.21. The van der Waals surface area contributed by atoms with E-state index in [1.54, 1.807) is 6.20 Å². The molecule has 76 valence electrons. The molecule has 1 N–H and O–H groups in total. The molecule has 14 heavy (non-hydrogen) atoms. The van der Waals surface area contributed by atoms with Gasteiger partial charge in [-0.15, -0.1) is 0 Å². The lowest BCUT2D eigenvalue weighted by atomic mass is 10.2. The minimum atomic E-state index is -0.0822. The van der Waals surface area contributed by atoms with E-state index in [1.165, 1.54) is 18.6 Å². The average Bonchev–Trinajstić information content (AvgIpc) is 2.23. The fourth-order valence-corrected chi connectivity index (χ4v) is 2.98. The number of aromatic amines is 1. The van der Waals surface area contributed by atoms with Gasteiger partial charge in [0.15, 0.2) is 0 Å². The summed E-state index contributed by atoms with van der Waals surface area (Å²) >= 11 is 5.02. The van der Waals surface area contributed by atoms with E-state index in [9.17, 15) is 4.79 Å². The standard InChI is InChI=1S/C9H11BrN2OS/c10-6-5-11-8(12-9(6)13)7-3-1-2-4-14-7/h5,7H,1-4H2,(H,11,12,13). The molecular weight excluding hydrogens is 264 g/mol. The summed E-state index contributed by atoms with van der Waals surface area (Å²) in [7, 11) is 0. The largest absolute Gasteiger partial charge is 0.309 e. The van der Waals surface area contributed by atoms with Gasteiger partial charge in [0.05, 0.1) is 5.25 Å². The van der Waals surface area contributed by atoms with Gasteiger partial charge in [0, 0.05) is 6.20 Å². The minimum absolute atomic E-state index is 0.0822. The van der Waals surface area contributed by atoms with Crippen molar-refractivity contribution < 1.29 is 0 Å². The Bertz CT molecular complexity index is 373. The van der Waals surface area contributed by atoms with Crippen LogP contribution in [0.5, 0.6) is 0 Å². The maximum absolute atomic E-state index is 11.3. The molecule has 0 radical (unpaired) electrons. The Morgan fingerprint density at radius 1 is 1.57 bits per heavy atom. The predicted molar refractivity (Wildman–Crippen MR) is 61.6 cm³/mol. The van der Waals surface area contributed by atoms with Crippen LogP contribution in [0, 0.1) is 0 Å². The molecule has 1 aliphatic heterocycles. The van der Waals surface area contributed by atoms with Crippen molar-refractivity contribution in [3.63, 3.8) is 0 Å². The molecule has 1 unspecified atom stereocenters. The van der Waals surface area contributed by atoms with Crippen LogP contribution in [0.4, 0.5) is 0 Å². The van der Waals surface area contributed by atoms with Crippen LogP contribution in [0.25, 0.3) is 0 Å². The molecule has 1 aromatic heterocycles. The Morgan fingerprint density at radius 3 is 3.07 bits per heavy atom. The third kappa shape index (κ3) is 2.20. The van der Waals surface area contributed by atoms with Crippen LogP contribution >= 0.6 is 27.7 Å². The van der Waals surface area contributed by atoms with Crippen molar-refractivity contribution in [2.45, 2.75) is 24.5 Å². The molecule has 5 heteroatoms. The summed E-state index contributed by atoms with van der Waals surface area (Å²) in [5.41, 5.74) is -0.0822. The molecular formula is C9H11BrN2OS. The van der Waals surface area contributed by atoms with Gasteiger partial charge in [0.25, 0.3) is 5.56 Å². The minimum Gasteiger partial charge on any atom is -0.309 e. The lowest BCUT2D eigenvalue weighted by Gasteiger charge is -2.19. The van der Waals surface area contributed by atoms with Crippen LogP contribution in [-0.2, 0) is 0 Å². The van der Waals surface area contributed by atoms with E-state index < -0.39 is 0 Å². The summed E-state index contributed by atoms with van der Waals surface area (Å²) in [5.74, 6) is 1.99. The average molecular weight is 275 g/mol. The second-order valence-corrected chi connectivity index (χ2v) is 5.47. The fourth-order valence-electron chi connectivity index (χ4n) is 1.51. The van der Waals surface area contributed by atoms with Crippen LogP contribution in [-0.4, -0.2) is 15.7 Å². The zero-order chi connectivity index (χ0) is 9.97. The molecule has 0 bridgehead atoms. The second kappa shape index (κ2) is 4.49. The van der Waals surface area contributed by atoms with Crippen molar-refractivity contribution in [3.8, 4) is 0 Å². The molecule has 2 heterocycles. The van der Waals surface area contributed by atoms with Gasteiger partial charge < -0.3 is 4.98 Å². The highest BCUT2D eigenvalue weighted by Gasteiger charge is 2.18. The zero-order valence-corrected chi connectivity index (χ0v) is 10.0. The number of hydrogen-bond acceptors (Lipinski definition) is 3. The summed E-state index contributed by atoms with van der Waals surface area (Å²) in [6, 6.07) is 0. The van der Waals surface area contributed by atoms with Gasteiger partial charge in [-0.25, -0.2) is 4.98 Å². The van der Waals surface area contributed by atoms with Crippen molar-refractivity contribution in [2.24, 2.45) is 0 Å². The number of H-pyrrole nitrogens is 1. The summed E-state index contributed by atoms with van der Waals surface area (Å²) in [4.78, 5) is 18.4. The molecule has 0 spiro atoms. The number of halogens is 1. The first-order valence-corrected chi connectivity index (χ1v) is 6.48. The van der Waals surface area contributed by atoms with Crippen molar-refractivity contribution in [2.75, 3.05) is 5.75 Å². The Morgan fingerprint density at radius 2 is 2.43 bits per heavy atom. The van der Waals surface area contributed by atoms with Gasteiger partial charge in [-0.2, -0.15) is 11.8 Å². The second-order valence-electron chi connectivity index (χ2n) is 3.30. The number of rotatable bonds is 1. The molecule has 0 amide bonds. The van der Waals surface area contributed by atoms with Gasteiger partial charge in [0.2, 0.25) is 0 Å². The van der Waals surface area contributed by atoms with Crippen molar-refractivity contribution >= 4 is 27.7 Å². The third-order valence-electron chi connectivity index (χ3n) is 2.26. The number of aromatic nitrogens is 2. The predicted octanol–water partition coefficient (Wildman–Crippen LogP) is 2.49. The van der Waals surface area contributed by atoms with Gasteiger partial charge >= 0.3 is 0 Å². The summed E-state index contributed by atoms with van der Waals surface area (Å²) in [5, 5.41) is 0.379. The number of nitrogens with one attached hydrogen (secondary N) is 1. The number of hydrogen-bond donors (Lipinski definition) is 1. The fraction of sp³-hybridized carbons (Fsp3) is 0.556. The van der Waals surface area contributed by atoms with Crippen LogP contribution in [0.3, 0.4) is 0 Å². The first-order chi connectivity index (χ1) is 6.77. The SMILES string of the molecule is O=c1[nH]c(C2CCCCS2)ncc1Br. The van der Waals surface area contributed by atoms with E-state index in [-0.39, 0.29) is 5.56 Å². The van der Waals surface area contributed by atoms with E-state index in [0.717, 1.165) is 12.2 Å². The molecule has 1 aliphatic rings. The Kier molecular flexibility index (Phi) is 3.28. The van der Waals surface area contributed by atoms with E-state index in [4.69, 9.17) is 0 Å². The molecule has 1 saturated heterocycles. The Hall–Kier alpha value is -0.290. The van der Waals surface area contributed by atoms with Crippen LogP contribution in [0.1, 0.15) is 30.3 Å². The molecule has 0 saturated carbocycles. The molecule has 1 atom stereocenters.